The first-order chi connectivity index (χ1) is 10.2. The number of anilines is 1. The van der Waals surface area contributed by atoms with E-state index >= 15 is 0 Å². The van der Waals surface area contributed by atoms with Crippen LogP contribution in [0.1, 0.15) is 5.56 Å². The van der Waals surface area contributed by atoms with Gasteiger partial charge < -0.3 is 14.5 Å². The van der Waals surface area contributed by atoms with Gasteiger partial charge in [0.05, 0.1) is 12.8 Å². The number of para-hydroxylation sites is 1. The first-order valence-electron chi connectivity index (χ1n) is 6.42. The lowest BCUT2D eigenvalue weighted by Gasteiger charge is -2.11. The monoisotopic (exact) mass is 365 g/mol. The van der Waals surface area contributed by atoms with E-state index in [2.05, 4.69) is 21.2 Å². The van der Waals surface area contributed by atoms with E-state index < -0.39 is 0 Å². The SMILES string of the molecule is COc1ccc(Br)cc1NCc1c(Cl)oc2ccccc12. The summed E-state index contributed by atoms with van der Waals surface area (Å²) in [5, 5.41) is 4.77. The molecule has 0 aliphatic rings. The van der Waals surface area contributed by atoms with Gasteiger partial charge in [-0.25, -0.2) is 0 Å². The number of furan rings is 1. The largest absolute Gasteiger partial charge is 0.495 e. The van der Waals surface area contributed by atoms with Gasteiger partial charge in [-0.15, -0.1) is 0 Å². The van der Waals surface area contributed by atoms with Gasteiger partial charge in [-0.05, 0) is 35.9 Å². The highest BCUT2D eigenvalue weighted by atomic mass is 79.9. The van der Waals surface area contributed by atoms with E-state index in [1.165, 1.54) is 0 Å². The molecule has 3 aromatic rings. The highest BCUT2D eigenvalue weighted by molar-refractivity contribution is 9.10. The molecule has 0 fully saturated rings. The zero-order valence-corrected chi connectivity index (χ0v) is 13.7. The van der Waals surface area contributed by atoms with E-state index in [0.29, 0.717) is 11.8 Å². The predicted octanol–water partition coefficient (Wildman–Crippen LogP) is 5.47. The molecule has 0 aliphatic heterocycles. The Morgan fingerprint density at radius 1 is 1.24 bits per heavy atom. The van der Waals surface area contributed by atoms with Gasteiger partial charge >= 0.3 is 0 Å². The van der Waals surface area contributed by atoms with Crippen molar-refractivity contribution in [3.05, 3.63) is 57.7 Å². The van der Waals surface area contributed by atoms with E-state index in [1.54, 1.807) is 7.11 Å². The number of fused-ring (bicyclic) bond motifs is 1. The molecule has 5 heteroatoms. The molecular formula is C16H13BrClNO2. The average molecular weight is 367 g/mol. The van der Waals surface area contributed by atoms with Gasteiger partial charge in [0.15, 0.2) is 5.22 Å². The third kappa shape index (κ3) is 2.87. The summed E-state index contributed by atoms with van der Waals surface area (Å²) >= 11 is 9.65. The minimum atomic E-state index is 0.415. The van der Waals surface area contributed by atoms with Crippen molar-refractivity contribution in [1.82, 2.24) is 0 Å². The van der Waals surface area contributed by atoms with Crippen molar-refractivity contribution in [3.63, 3.8) is 0 Å². The molecule has 0 atom stereocenters. The van der Waals surface area contributed by atoms with E-state index in [9.17, 15) is 0 Å². The summed E-state index contributed by atoms with van der Waals surface area (Å²) in [4.78, 5) is 0. The zero-order valence-electron chi connectivity index (χ0n) is 11.3. The summed E-state index contributed by atoms with van der Waals surface area (Å²) < 4.78 is 11.9. The second-order valence-electron chi connectivity index (χ2n) is 4.55. The number of hydrogen-bond acceptors (Lipinski definition) is 3. The molecule has 3 rings (SSSR count). The molecule has 0 aliphatic carbocycles. The minimum Gasteiger partial charge on any atom is -0.495 e. The van der Waals surface area contributed by atoms with Crippen LogP contribution in [0.15, 0.2) is 51.4 Å². The molecule has 3 nitrogen and oxygen atoms in total. The third-order valence-electron chi connectivity index (χ3n) is 3.27. The Bertz CT molecular complexity index is 785. The molecule has 0 amide bonds. The molecule has 21 heavy (non-hydrogen) atoms. The summed E-state index contributed by atoms with van der Waals surface area (Å²) in [5.74, 6) is 0.780. The van der Waals surface area contributed by atoms with Crippen molar-refractivity contribution in [3.8, 4) is 5.75 Å². The fourth-order valence-electron chi connectivity index (χ4n) is 2.24. The number of methoxy groups -OCH3 is 1. The van der Waals surface area contributed by atoms with Gasteiger partial charge in [-0.2, -0.15) is 0 Å². The van der Waals surface area contributed by atoms with Gasteiger partial charge in [0.1, 0.15) is 11.3 Å². The Labute approximate surface area is 136 Å². The van der Waals surface area contributed by atoms with Crippen LogP contribution in [0.4, 0.5) is 5.69 Å². The number of halogens is 2. The number of nitrogens with one attached hydrogen (secondary N) is 1. The normalized spacial score (nSPS) is 10.8. The molecule has 0 spiro atoms. The molecule has 1 aromatic heterocycles. The molecule has 0 saturated heterocycles. The van der Waals surface area contributed by atoms with E-state index in [4.69, 9.17) is 20.8 Å². The fraction of sp³-hybridized carbons (Fsp3) is 0.125. The lowest BCUT2D eigenvalue weighted by atomic mass is 10.1. The smallest absolute Gasteiger partial charge is 0.199 e. The average Bonchev–Trinajstić information content (AvgIpc) is 2.81. The van der Waals surface area contributed by atoms with Crippen LogP contribution >= 0.6 is 27.5 Å². The van der Waals surface area contributed by atoms with Gasteiger partial charge in [-0.1, -0.05) is 34.1 Å². The Morgan fingerprint density at radius 3 is 2.86 bits per heavy atom. The van der Waals surface area contributed by atoms with Crippen LogP contribution in [0, 0.1) is 0 Å². The Hall–Kier alpha value is -1.65. The Kier molecular flexibility index (Phi) is 4.08. The van der Waals surface area contributed by atoms with Crippen LogP contribution in [0.2, 0.25) is 5.22 Å². The van der Waals surface area contributed by atoms with Crippen LogP contribution in [-0.4, -0.2) is 7.11 Å². The second kappa shape index (κ2) is 6.00. The fourth-order valence-corrected chi connectivity index (χ4v) is 2.85. The predicted molar refractivity (Wildman–Crippen MR) is 89.2 cm³/mol. The molecule has 2 aromatic carbocycles. The first-order valence-corrected chi connectivity index (χ1v) is 7.59. The standard InChI is InChI=1S/C16H13BrClNO2/c1-20-15-7-6-10(17)8-13(15)19-9-12-11-4-2-3-5-14(11)21-16(12)18/h2-8,19H,9H2,1H3. The molecule has 0 unspecified atom stereocenters. The van der Waals surface area contributed by atoms with Crippen molar-refractivity contribution in [2.45, 2.75) is 6.54 Å². The zero-order chi connectivity index (χ0) is 14.8. The van der Waals surface area contributed by atoms with E-state index in [0.717, 1.165) is 32.4 Å². The summed E-state index contributed by atoms with van der Waals surface area (Å²) in [5.41, 5.74) is 2.63. The van der Waals surface area contributed by atoms with Gasteiger partial charge in [0.2, 0.25) is 0 Å². The Morgan fingerprint density at radius 2 is 2.05 bits per heavy atom. The highest BCUT2D eigenvalue weighted by Gasteiger charge is 2.12. The summed E-state index contributed by atoms with van der Waals surface area (Å²) in [6.45, 7) is 0.558. The third-order valence-corrected chi connectivity index (χ3v) is 4.06. The van der Waals surface area contributed by atoms with E-state index in [-0.39, 0.29) is 0 Å². The van der Waals surface area contributed by atoms with Crippen LogP contribution in [0.5, 0.6) is 5.75 Å². The molecule has 0 bridgehead atoms. The summed E-state index contributed by atoms with van der Waals surface area (Å²) in [7, 11) is 1.65. The number of rotatable bonds is 4. The quantitative estimate of drug-likeness (QED) is 0.665. The summed E-state index contributed by atoms with van der Waals surface area (Å²) in [6, 6.07) is 13.6. The number of hydrogen-bond donors (Lipinski definition) is 1. The molecule has 0 radical (unpaired) electrons. The maximum atomic E-state index is 6.19. The first kappa shape index (κ1) is 14.3. The van der Waals surface area contributed by atoms with Gasteiger partial charge in [-0.3, -0.25) is 0 Å². The van der Waals surface area contributed by atoms with Crippen molar-refractivity contribution in [1.29, 1.82) is 0 Å². The van der Waals surface area contributed by atoms with Crippen LogP contribution in [0.25, 0.3) is 11.0 Å². The van der Waals surface area contributed by atoms with Gasteiger partial charge in [0.25, 0.3) is 0 Å². The number of ether oxygens (including phenoxy) is 1. The van der Waals surface area contributed by atoms with Crippen molar-refractivity contribution in [2.75, 3.05) is 12.4 Å². The van der Waals surface area contributed by atoms with Crippen LogP contribution in [0.3, 0.4) is 0 Å². The number of benzene rings is 2. The van der Waals surface area contributed by atoms with E-state index in [1.807, 2.05) is 42.5 Å². The van der Waals surface area contributed by atoms with Gasteiger partial charge in [0, 0.05) is 22.0 Å². The molecule has 1 heterocycles. The van der Waals surface area contributed by atoms with Crippen LogP contribution in [-0.2, 0) is 6.54 Å². The molecule has 0 saturated carbocycles. The van der Waals surface area contributed by atoms with Crippen molar-refractivity contribution in [2.24, 2.45) is 0 Å². The molecular weight excluding hydrogens is 354 g/mol. The Balaban J connectivity index is 1.90. The second-order valence-corrected chi connectivity index (χ2v) is 5.81. The maximum Gasteiger partial charge on any atom is 0.199 e. The van der Waals surface area contributed by atoms with Crippen molar-refractivity contribution >= 4 is 44.2 Å². The lowest BCUT2D eigenvalue weighted by Crippen LogP contribution is -2.01. The highest BCUT2D eigenvalue weighted by Crippen LogP contribution is 2.32. The lowest BCUT2D eigenvalue weighted by molar-refractivity contribution is 0.416. The van der Waals surface area contributed by atoms with Crippen molar-refractivity contribution < 1.29 is 9.15 Å². The molecule has 108 valence electrons. The topological polar surface area (TPSA) is 34.4 Å². The van der Waals surface area contributed by atoms with Crippen LogP contribution < -0.4 is 10.1 Å². The summed E-state index contributed by atoms with van der Waals surface area (Å²) in [6.07, 6.45) is 0. The molecule has 1 N–H and O–H groups in total. The minimum absolute atomic E-state index is 0.415. The maximum absolute atomic E-state index is 6.19.